The van der Waals surface area contributed by atoms with Crippen LogP contribution >= 0.6 is 11.6 Å². The van der Waals surface area contributed by atoms with Crippen LogP contribution in [0.25, 0.3) is 6.08 Å². The highest BCUT2D eigenvalue weighted by molar-refractivity contribution is 6.32. The summed E-state index contributed by atoms with van der Waals surface area (Å²) in [5.41, 5.74) is 0.460. The molecule has 0 saturated carbocycles. The van der Waals surface area contributed by atoms with Crippen LogP contribution in [0.15, 0.2) is 24.3 Å². The minimum Gasteiger partial charge on any atom is -0.479 e. The van der Waals surface area contributed by atoms with E-state index in [-0.39, 0.29) is 23.2 Å². The van der Waals surface area contributed by atoms with Crippen molar-refractivity contribution < 1.29 is 19.4 Å². The summed E-state index contributed by atoms with van der Waals surface area (Å²) in [6.07, 6.45) is 6.53. The van der Waals surface area contributed by atoms with Crippen molar-refractivity contribution in [3.63, 3.8) is 0 Å². The molecule has 0 radical (unpaired) electrons. The van der Waals surface area contributed by atoms with Gasteiger partial charge in [-0.25, -0.2) is 4.79 Å². The fraction of sp³-hybridized carbons (Fsp3) is 0.200. The molecule has 0 fully saturated rings. The Balaban J connectivity index is 2.94. The zero-order valence-electron chi connectivity index (χ0n) is 11.3. The molecule has 0 heterocycles. The first-order chi connectivity index (χ1) is 9.95. The molecule has 0 aliphatic heterocycles. The van der Waals surface area contributed by atoms with Crippen molar-refractivity contribution in [2.24, 2.45) is 0 Å². The summed E-state index contributed by atoms with van der Waals surface area (Å²) in [5.74, 6) is 1.03. The van der Waals surface area contributed by atoms with Gasteiger partial charge in [0.15, 0.2) is 6.10 Å². The average molecular weight is 308 g/mol. The van der Waals surface area contributed by atoms with E-state index in [1.807, 2.05) is 0 Å². The Labute approximate surface area is 127 Å². The van der Waals surface area contributed by atoms with Gasteiger partial charge in [-0.05, 0) is 19.1 Å². The van der Waals surface area contributed by atoms with Crippen molar-refractivity contribution in [2.45, 2.75) is 13.0 Å². The van der Waals surface area contributed by atoms with Gasteiger partial charge in [-0.2, -0.15) is 0 Å². The normalized spacial score (nSPS) is 11.7. The van der Waals surface area contributed by atoms with Crippen LogP contribution in [0, 0.1) is 12.3 Å². The minimum atomic E-state index is -1.10. The Hall–Kier alpha value is -2.45. The quantitative estimate of drug-likeness (QED) is 0.622. The Bertz CT molecular complexity index is 604. The van der Waals surface area contributed by atoms with E-state index in [0.717, 1.165) is 6.08 Å². The van der Waals surface area contributed by atoms with E-state index in [0.29, 0.717) is 5.56 Å². The number of para-hydroxylation sites is 1. The van der Waals surface area contributed by atoms with Crippen molar-refractivity contribution in [3.05, 3.63) is 34.9 Å². The van der Waals surface area contributed by atoms with Gasteiger partial charge < -0.3 is 15.2 Å². The first-order valence-corrected chi connectivity index (χ1v) is 6.41. The molecule has 1 rings (SSSR count). The third-order valence-electron chi connectivity index (χ3n) is 2.43. The Morgan fingerprint density at radius 3 is 2.90 bits per heavy atom. The van der Waals surface area contributed by atoms with E-state index in [4.69, 9.17) is 27.9 Å². The maximum atomic E-state index is 11.7. The number of carbonyl (C=O) groups is 2. The van der Waals surface area contributed by atoms with Crippen molar-refractivity contribution in [1.29, 1.82) is 0 Å². The molecule has 1 aromatic carbocycles. The number of ether oxygens (including phenoxy) is 1. The van der Waals surface area contributed by atoms with Gasteiger partial charge in [0, 0.05) is 11.6 Å². The molecule has 0 spiro atoms. The first kappa shape index (κ1) is 16.6. The van der Waals surface area contributed by atoms with Crippen LogP contribution in [-0.2, 0) is 9.59 Å². The number of aliphatic carboxylic acids is 1. The highest BCUT2D eigenvalue weighted by Crippen LogP contribution is 2.30. The standard InChI is InChI=1S/C15H14ClNO4/c1-3-9-17-15(20)10(2)21-14-11(7-8-13(18)19)5-4-6-12(14)16/h1,4-8,10H,9H2,2H3,(H,17,20)(H,18,19)/b8-7+. The van der Waals surface area contributed by atoms with Crippen molar-refractivity contribution in [1.82, 2.24) is 5.32 Å². The van der Waals surface area contributed by atoms with Gasteiger partial charge in [0.1, 0.15) is 5.75 Å². The molecular weight excluding hydrogens is 294 g/mol. The zero-order chi connectivity index (χ0) is 15.8. The fourth-order valence-corrected chi connectivity index (χ4v) is 1.68. The molecule has 0 aromatic heterocycles. The maximum absolute atomic E-state index is 11.7. The first-order valence-electron chi connectivity index (χ1n) is 6.03. The van der Waals surface area contributed by atoms with Crippen LogP contribution in [0.2, 0.25) is 5.02 Å². The number of benzene rings is 1. The SMILES string of the molecule is C#CCNC(=O)C(C)Oc1c(Cl)cccc1/C=C/C(=O)O. The Morgan fingerprint density at radius 1 is 1.57 bits per heavy atom. The van der Waals surface area contributed by atoms with Gasteiger partial charge in [0.2, 0.25) is 0 Å². The van der Waals surface area contributed by atoms with E-state index in [2.05, 4.69) is 11.2 Å². The van der Waals surface area contributed by atoms with Gasteiger partial charge in [0.25, 0.3) is 5.91 Å². The fourth-order valence-electron chi connectivity index (χ4n) is 1.45. The van der Waals surface area contributed by atoms with E-state index < -0.39 is 12.1 Å². The summed E-state index contributed by atoms with van der Waals surface area (Å²) in [6, 6.07) is 4.87. The molecule has 110 valence electrons. The molecule has 1 aromatic rings. The number of terminal acetylenes is 1. The third-order valence-corrected chi connectivity index (χ3v) is 2.73. The lowest BCUT2D eigenvalue weighted by Crippen LogP contribution is -2.36. The number of nitrogens with one attached hydrogen (secondary N) is 1. The lowest BCUT2D eigenvalue weighted by Gasteiger charge is -2.16. The average Bonchev–Trinajstić information content (AvgIpc) is 2.45. The second-order valence-corrected chi connectivity index (χ2v) is 4.42. The molecule has 0 aliphatic carbocycles. The lowest BCUT2D eigenvalue weighted by atomic mass is 10.2. The number of carboxylic acids is 1. The van der Waals surface area contributed by atoms with E-state index in [9.17, 15) is 9.59 Å². The van der Waals surface area contributed by atoms with E-state index in [1.165, 1.54) is 6.08 Å². The third kappa shape index (κ3) is 5.21. The summed E-state index contributed by atoms with van der Waals surface area (Å²) in [5, 5.41) is 11.4. The molecule has 21 heavy (non-hydrogen) atoms. The molecular formula is C15H14ClNO4. The topological polar surface area (TPSA) is 75.6 Å². The Morgan fingerprint density at radius 2 is 2.29 bits per heavy atom. The minimum absolute atomic E-state index is 0.0980. The molecule has 5 nitrogen and oxygen atoms in total. The number of hydrogen-bond acceptors (Lipinski definition) is 3. The number of carbonyl (C=O) groups excluding carboxylic acids is 1. The summed E-state index contributed by atoms with van der Waals surface area (Å²) in [7, 11) is 0. The molecule has 0 aliphatic rings. The predicted octanol–water partition coefficient (Wildman–Crippen LogP) is 1.95. The molecule has 0 bridgehead atoms. The highest BCUT2D eigenvalue weighted by atomic mass is 35.5. The molecule has 2 N–H and O–H groups in total. The summed E-state index contributed by atoms with van der Waals surface area (Å²) in [6.45, 7) is 1.64. The van der Waals surface area contributed by atoms with Crippen LogP contribution < -0.4 is 10.1 Å². The van der Waals surface area contributed by atoms with Crippen LogP contribution in [0.4, 0.5) is 0 Å². The molecule has 6 heteroatoms. The monoisotopic (exact) mass is 307 g/mol. The van der Waals surface area contributed by atoms with Crippen LogP contribution in [0.5, 0.6) is 5.75 Å². The van der Waals surface area contributed by atoms with Crippen LogP contribution in [0.1, 0.15) is 12.5 Å². The van der Waals surface area contributed by atoms with Crippen LogP contribution in [-0.4, -0.2) is 29.6 Å². The molecule has 1 unspecified atom stereocenters. The van der Waals surface area contributed by atoms with Gasteiger partial charge in [-0.15, -0.1) is 6.42 Å². The zero-order valence-corrected chi connectivity index (χ0v) is 12.1. The summed E-state index contributed by atoms with van der Waals surface area (Å²) in [4.78, 5) is 22.3. The van der Waals surface area contributed by atoms with Crippen LogP contribution in [0.3, 0.4) is 0 Å². The second kappa shape index (κ2) is 7.98. The number of amides is 1. The predicted molar refractivity (Wildman–Crippen MR) is 80.1 cm³/mol. The molecule has 0 saturated heterocycles. The largest absolute Gasteiger partial charge is 0.479 e. The number of hydrogen-bond donors (Lipinski definition) is 2. The molecule has 1 amide bonds. The van der Waals surface area contributed by atoms with Gasteiger partial charge in [-0.1, -0.05) is 29.7 Å². The molecule has 1 atom stereocenters. The smallest absolute Gasteiger partial charge is 0.328 e. The summed E-state index contributed by atoms with van der Waals surface area (Å²) >= 11 is 6.03. The van der Waals surface area contributed by atoms with Crippen molar-refractivity contribution in [3.8, 4) is 18.1 Å². The Kier molecular flexibility index (Phi) is 6.31. The van der Waals surface area contributed by atoms with E-state index >= 15 is 0 Å². The second-order valence-electron chi connectivity index (χ2n) is 4.01. The number of carboxylic acid groups (broad SMARTS) is 1. The highest BCUT2D eigenvalue weighted by Gasteiger charge is 2.17. The van der Waals surface area contributed by atoms with Gasteiger partial charge in [-0.3, -0.25) is 4.79 Å². The number of rotatable bonds is 6. The lowest BCUT2D eigenvalue weighted by molar-refractivity contribution is -0.131. The summed E-state index contributed by atoms with van der Waals surface area (Å²) < 4.78 is 5.51. The van der Waals surface area contributed by atoms with Crippen molar-refractivity contribution in [2.75, 3.05) is 6.54 Å². The maximum Gasteiger partial charge on any atom is 0.328 e. The van der Waals surface area contributed by atoms with Crippen molar-refractivity contribution >= 4 is 29.6 Å². The van der Waals surface area contributed by atoms with E-state index in [1.54, 1.807) is 25.1 Å². The number of halogens is 1. The van der Waals surface area contributed by atoms with Gasteiger partial charge in [0.05, 0.1) is 11.6 Å². The van der Waals surface area contributed by atoms with Gasteiger partial charge >= 0.3 is 5.97 Å².